The molecule has 1 heterocycles. The highest BCUT2D eigenvalue weighted by Gasteiger charge is 2.14. The zero-order valence-corrected chi connectivity index (χ0v) is 12.6. The fourth-order valence-corrected chi connectivity index (χ4v) is 2.38. The summed E-state index contributed by atoms with van der Waals surface area (Å²) >= 11 is 0. The third-order valence-electron chi connectivity index (χ3n) is 3.71. The molecule has 2 rings (SSSR count). The summed E-state index contributed by atoms with van der Waals surface area (Å²) in [6.07, 6.45) is 6.12. The summed E-state index contributed by atoms with van der Waals surface area (Å²) in [6.45, 7) is 5.70. The number of ether oxygens (including phenoxy) is 2. The van der Waals surface area contributed by atoms with Crippen LogP contribution in [-0.2, 0) is 11.3 Å². The first kappa shape index (κ1) is 15.3. The molecule has 0 bridgehead atoms. The lowest BCUT2D eigenvalue weighted by Gasteiger charge is -2.11. The molecule has 1 atom stereocenters. The molecule has 0 aliphatic carbocycles. The lowest BCUT2D eigenvalue weighted by atomic mass is 10.2. The molecule has 0 radical (unpaired) electrons. The van der Waals surface area contributed by atoms with Crippen LogP contribution in [0.2, 0.25) is 0 Å². The van der Waals surface area contributed by atoms with Crippen LogP contribution in [0, 0.1) is 0 Å². The van der Waals surface area contributed by atoms with Gasteiger partial charge in [-0.2, -0.15) is 0 Å². The van der Waals surface area contributed by atoms with Gasteiger partial charge in [-0.15, -0.1) is 0 Å². The first-order valence-corrected chi connectivity index (χ1v) is 7.91. The fraction of sp³-hybridized carbons (Fsp3) is 0.647. The molecular weight excluding hydrogens is 250 g/mol. The van der Waals surface area contributed by atoms with Crippen LogP contribution in [0.3, 0.4) is 0 Å². The number of hydrogen-bond donors (Lipinski definition) is 1. The topological polar surface area (TPSA) is 30.5 Å². The Kier molecular flexibility index (Phi) is 6.89. The molecule has 112 valence electrons. The van der Waals surface area contributed by atoms with Crippen LogP contribution in [0.25, 0.3) is 0 Å². The molecule has 0 saturated carbocycles. The van der Waals surface area contributed by atoms with E-state index in [9.17, 15) is 0 Å². The number of rotatable bonds is 9. The third-order valence-corrected chi connectivity index (χ3v) is 3.71. The minimum Gasteiger partial charge on any atom is -0.494 e. The van der Waals surface area contributed by atoms with Crippen LogP contribution in [0.5, 0.6) is 5.75 Å². The van der Waals surface area contributed by atoms with Gasteiger partial charge in [0, 0.05) is 19.2 Å². The van der Waals surface area contributed by atoms with Gasteiger partial charge in [-0.1, -0.05) is 38.3 Å². The van der Waals surface area contributed by atoms with Crippen molar-refractivity contribution in [1.29, 1.82) is 0 Å². The first-order valence-electron chi connectivity index (χ1n) is 7.91. The van der Waals surface area contributed by atoms with Crippen LogP contribution in [-0.4, -0.2) is 25.9 Å². The molecule has 1 aliphatic heterocycles. The number of benzene rings is 1. The van der Waals surface area contributed by atoms with Gasteiger partial charge >= 0.3 is 0 Å². The standard InChI is InChI=1S/C17H27NO2/c1-2-3-4-5-11-20-17-8-6-15(7-9-17)13-18-16-10-12-19-14-16/h6-9,16,18H,2-5,10-14H2,1H3. The Morgan fingerprint density at radius 2 is 2.05 bits per heavy atom. The molecule has 1 aromatic carbocycles. The molecule has 20 heavy (non-hydrogen) atoms. The Bertz CT molecular complexity index is 358. The first-order chi connectivity index (χ1) is 9.88. The predicted molar refractivity (Wildman–Crippen MR) is 82.1 cm³/mol. The largest absolute Gasteiger partial charge is 0.494 e. The smallest absolute Gasteiger partial charge is 0.119 e. The van der Waals surface area contributed by atoms with Crippen molar-refractivity contribution < 1.29 is 9.47 Å². The van der Waals surface area contributed by atoms with E-state index in [1.165, 1.54) is 24.8 Å². The molecule has 0 amide bonds. The minimum atomic E-state index is 0.518. The van der Waals surface area contributed by atoms with Gasteiger partial charge < -0.3 is 14.8 Å². The highest BCUT2D eigenvalue weighted by Crippen LogP contribution is 2.13. The highest BCUT2D eigenvalue weighted by molar-refractivity contribution is 5.27. The van der Waals surface area contributed by atoms with E-state index >= 15 is 0 Å². The summed E-state index contributed by atoms with van der Waals surface area (Å²) in [4.78, 5) is 0. The Morgan fingerprint density at radius 3 is 2.75 bits per heavy atom. The monoisotopic (exact) mass is 277 g/mol. The van der Waals surface area contributed by atoms with Crippen molar-refractivity contribution in [3.05, 3.63) is 29.8 Å². The maximum Gasteiger partial charge on any atom is 0.119 e. The van der Waals surface area contributed by atoms with Crippen LogP contribution in [0.4, 0.5) is 0 Å². The molecule has 3 heteroatoms. The number of nitrogens with one attached hydrogen (secondary N) is 1. The summed E-state index contributed by atoms with van der Waals surface area (Å²) in [6, 6.07) is 8.95. The molecule has 0 aromatic heterocycles. The summed E-state index contributed by atoms with van der Waals surface area (Å²) < 4.78 is 11.1. The molecule has 1 aromatic rings. The Hall–Kier alpha value is -1.06. The van der Waals surface area contributed by atoms with Gasteiger partial charge in [0.25, 0.3) is 0 Å². The van der Waals surface area contributed by atoms with Gasteiger partial charge in [0.2, 0.25) is 0 Å². The average Bonchev–Trinajstić information content (AvgIpc) is 2.99. The fourth-order valence-electron chi connectivity index (χ4n) is 2.38. The zero-order valence-electron chi connectivity index (χ0n) is 12.6. The second kappa shape index (κ2) is 8.98. The molecule has 1 unspecified atom stereocenters. The van der Waals surface area contributed by atoms with E-state index in [2.05, 4.69) is 36.5 Å². The van der Waals surface area contributed by atoms with E-state index in [0.717, 1.165) is 45.0 Å². The lowest BCUT2D eigenvalue weighted by Crippen LogP contribution is -2.28. The highest BCUT2D eigenvalue weighted by atomic mass is 16.5. The predicted octanol–water partition coefficient (Wildman–Crippen LogP) is 3.52. The van der Waals surface area contributed by atoms with Crippen molar-refractivity contribution in [3.63, 3.8) is 0 Å². The molecule has 1 aliphatic rings. The van der Waals surface area contributed by atoms with E-state index in [-0.39, 0.29) is 0 Å². The lowest BCUT2D eigenvalue weighted by molar-refractivity contribution is 0.190. The molecule has 1 N–H and O–H groups in total. The summed E-state index contributed by atoms with van der Waals surface area (Å²) in [5.41, 5.74) is 1.30. The van der Waals surface area contributed by atoms with E-state index in [1.54, 1.807) is 0 Å². The maximum absolute atomic E-state index is 5.75. The van der Waals surface area contributed by atoms with Gasteiger partial charge in [0.1, 0.15) is 5.75 Å². The average molecular weight is 277 g/mol. The normalized spacial score (nSPS) is 18.4. The van der Waals surface area contributed by atoms with Crippen molar-refractivity contribution in [2.24, 2.45) is 0 Å². The number of unbranched alkanes of at least 4 members (excludes halogenated alkanes) is 3. The molecule has 0 spiro atoms. The minimum absolute atomic E-state index is 0.518. The van der Waals surface area contributed by atoms with Gasteiger partial charge in [0.15, 0.2) is 0 Å². The number of hydrogen-bond acceptors (Lipinski definition) is 3. The van der Waals surface area contributed by atoms with Crippen LogP contribution in [0.1, 0.15) is 44.6 Å². The van der Waals surface area contributed by atoms with Gasteiger partial charge in [0.05, 0.1) is 13.2 Å². The van der Waals surface area contributed by atoms with Crippen molar-refractivity contribution in [2.45, 2.75) is 51.6 Å². The van der Waals surface area contributed by atoms with Crippen LogP contribution >= 0.6 is 0 Å². The summed E-state index contributed by atoms with van der Waals surface area (Å²) in [5, 5.41) is 3.52. The van der Waals surface area contributed by atoms with E-state index in [0.29, 0.717) is 6.04 Å². The molecule has 1 saturated heterocycles. The zero-order chi connectivity index (χ0) is 14.0. The van der Waals surface area contributed by atoms with Gasteiger partial charge in [-0.05, 0) is 30.5 Å². The Labute approximate surface area is 122 Å². The molecular formula is C17H27NO2. The summed E-state index contributed by atoms with van der Waals surface area (Å²) in [5.74, 6) is 0.981. The second-order valence-corrected chi connectivity index (χ2v) is 5.49. The van der Waals surface area contributed by atoms with Crippen molar-refractivity contribution in [2.75, 3.05) is 19.8 Å². The SMILES string of the molecule is CCCCCCOc1ccc(CNC2CCOC2)cc1. The van der Waals surface area contributed by atoms with Crippen molar-refractivity contribution >= 4 is 0 Å². The summed E-state index contributed by atoms with van der Waals surface area (Å²) in [7, 11) is 0. The molecule has 1 fully saturated rings. The second-order valence-electron chi connectivity index (χ2n) is 5.49. The van der Waals surface area contributed by atoms with E-state index in [1.807, 2.05) is 0 Å². The Morgan fingerprint density at radius 1 is 1.20 bits per heavy atom. The third kappa shape index (κ3) is 5.51. The van der Waals surface area contributed by atoms with E-state index < -0.39 is 0 Å². The maximum atomic E-state index is 5.75. The van der Waals surface area contributed by atoms with Gasteiger partial charge in [-0.3, -0.25) is 0 Å². The Balaban J connectivity index is 1.64. The quantitative estimate of drug-likeness (QED) is 0.701. The van der Waals surface area contributed by atoms with Crippen molar-refractivity contribution in [1.82, 2.24) is 5.32 Å². The molecule has 3 nitrogen and oxygen atoms in total. The van der Waals surface area contributed by atoms with E-state index in [4.69, 9.17) is 9.47 Å². The van der Waals surface area contributed by atoms with Crippen LogP contribution in [0.15, 0.2) is 24.3 Å². The van der Waals surface area contributed by atoms with Gasteiger partial charge in [-0.25, -0.2) is 0 Å². The van der Waals surface area contributed by atoms with Crippen LogP contribution < -0.4 is 10.1 Å². The van der Waals surface area contributed by atoms with Crippen molar-refractivity contribution in [3.8, 4) is 5.75 Å².